The number of carboxylic acids is 2. The second-order valence-corrected chi connectivity index (χ2v) is 17.8. The summed E-state index contributed by atoms with van der Waals surface area (Å²) in [5.41, 5.74) is 2.95. The van der Waals surface area contributed by atoms with Crippen LogP contribution in [0.15, 0.2) is 88.0 Å². The molecule has 3 heterocycles. The second-order valence-electron chi connectivity index (χ2n) is 12.4. The second kappa shape index (κ2) is 16.6. The first-order valence-corrected chi connectivity index (χ1v) is 21.2. The van der Waals surface area contributed by atoms with Crippen molar-refractivity contribution >= 4 is 88.9 Å². The van der Waals surface area contributed by atoms with Crippen LogP contribution in [-0.4, -0.2) is 77.2 Å². The number of amides is 1. The number of rotatable bonds is 11. The summed E-state index contributed by atoms with van der Waals surface area (Å²) in [7, 11) is -5.17. The molecular weight excluding hydrogens is 844 g/mol. The molecule has 3 N–H and O–H groups in total. The third-order valence-corrected chi connectivity index (χ3v) is 13.8. The van der Waals surface area contributed by atoms with Crippen LogP contribution in [0, 0.1) is 0 Å². The van der Waals surface area contributed by atoms with Gasteiger partial charge in [-0.2, -0.15) is 0 Å². The van der Waals surface area contributed by atoms with E-state index < -0.39 is 37.9 Å². The fourth-order valence-corrected chi connectivity index (χ4v) is 10.7. The normalized spacial score (nSPS) is 13.3. The van der Waals surface area contributed by atoms with Crippen LogP contribution in [0.1, 0.15) is 37.5 Å². The Morgan fingerprint density at radius 1 is 0.754 bits per heavy atom. The number of nitrogens with zero attached hydrogens (tertiary/aromatic N) is 3. The highest BCUT2D eigenvalue weighted by molar-refractivity contribution is 7.93. The van der Waals surface area contributed by atoms with Crippen molar-refractivity contribution < 1.29 is 50.9 Å². The first-order valence-electron chi connectivity index (χ1n) is 16.7. The van der Waals surface area contributed by atoms with Crippen LogP contribution in [-0.2, 0) is 44.1 Å². The van der Waals surface area contributed by atoms with E-state index in [-0.39, 0.29) is 67.1 Å². The summed E-state index contributed by atoms with van der Waals surface area (Å²) in [5.74, 6) is -2.26. The molecule has 0 saturated heterocycles. The minimum atomic E-state index is -4.00. The zero-order chi connectivity index (χ0) is 41.2. The van der Waals surface area contributed by atoms with E-state index in [1.165, 1.54) is 65.3 Å². The molecular formula is C37H32Cl2N4O11S3. The van der Waals surface area contributed by atoms with Crippen molar-refractivity contribution in [2.24, 2.45) is 0 Å². The van der Waals surface area contributed by atoms with Gasteiger partial charge in [0, 0.05) is 34.1 Å². The molecule has 0 spiro atoms. The number of halogens is 2. The van der Waals surface area contributed by atoms with Crippen molar-refractivity contribution in [2.75, 3.05) is 41.2 Å². The van der Waals surface area contributed by atoms with Crippen LogP contribution < -0.4 is 23.4 Å². The van der Waals surface area contributed by atoms with Crippen LogP contribution in [0.5, 0.6) is 11.5 Å². The van der Waals surface area contributed by atoms with Crippen LogP contribution in [0.2, 0.25) is 10.0 Å². The van der Waals surface area contributed by atoms with E-state index in [2.05, 4.69) is 10.3 Å². The Kier molecular flexibility index (Phi) is 12.0. The van der Waals surface area contributed by atoms with E-state index >= 15 is 0 Å². The van der Waals surface area contributed by atoms with Gasteiger partial charge >= 0.3 is 11.9 Å². The highest BCUT2D eigenvalue weighted by Gasteiger charge is 2.35. The molecule has 298 valence electrons. The Labute approximate surface area is 341 Å². The van der Waals surface area contributed by atoms with E-state index in [1.54, 1.807) is 35.7 Å². The molecule has 15 nitrogen and oxygen atoms in total. The van der Waals surface area contributed by atoms with Crippen molar-refractivity contribution in [1.82, 2.24) is 4.98 Å². The first-order chi connectivity index (χ1) is 27.0. The predicted molar refractivity (Wildman–Crippen MR) is 214 cm³/mol. The van der Waals surface area contributed by atoms with Gasteiger partial charge in [0.05, 0.1) is 43.3 Å². The summed E-state index contributed by atoms with van der Waals surface area (Å²) in [4.78, 5) is 38.7. The topological polar surface area (TPSA) is 210 Å². The molecule has 1 aromatic heterocycles. The lowest BCUT2D eigenvalue weighted by Gasteiger charge is -2.21. The molecule has 2 aliphatic heterocycles. The van der Waals surface area contributed by atoms with Gasteiger partial charge in [-0.3, -0.25) is 23.5 Å². The molecule has 4 aromatic carbocycles. The number of ether oxygens (including phenoxy) is 2. The fraction of sp³-hybridized carbons (Fsp3) is 0.189. The molecule has 0 radical (unpaired) electrons. The van der Waals surface area contributed by atoms with Crippen LogP contribution >= 0.6 is 34.5 Å². The smallest absolute Gasteiger partial charge is 0.335 e. The first kappa shape index (κ1) is 41.2. The number of benzene rings is 4. The SMILES string of the molecule is COc1ccc(Cl)cc1S(=O)(=O)N1CCc2ccc(C(=O)Nc3nc(CC(=O)O)cs3)cc21.COc1ccc(Cl)cc1S(=O)(=O)N1CCc2ccc(C(=O)O)cc21. The number of hydrogen-bond acceptors (Lipinski definition) is 11. The van der Waals surface area contributed by atoms with Gasteiger partial charge < -0.3 is 19.7 Å². The molecule has 20 heteroatoms. The Morgan fingerprint density at radius 3 is 1.72 bits per heavy atom. The van der Waals surface area contributed by atoms with Crippen molar-refractivity contribution in [3.05, 3.63) is 116 Å². The molecule has 0 unspecified atom stereocenters. The van der Waals surface area contributed by atoms with Gasteiger partial charge in [-0.25, -0.2) is 26.6 Å². The lowest BCUT2D eigenvalue weighted by molar-refractivity contribution is -0.136. The zero-order valence-corrected chi connectivity index (χ0v) is 33.9. The van der Waals surface area contributed by atoms with Gasteiger partial charge in [-0.05, 0) is 84.6 Å². The highest BCUT2D eigenvalue weighted by atomic mass is 35.5. The molecule has 0 fully saturated rings. The number of hydrogen-bond donors (Lipinski definition) is 3. The van der Waals surface area contributed by atoms with Gasteiger partial charge in [0.25, 0.3) is 26.0 Å². The summed E-state index contributed by atoms with van der Waals surface area (Å²) >= 11 is 13.1. The molecule has 2 aliphatic rings. The number of carbonyl (C=O) groups is 3. The number of carboxylic acid groups (broad SMARTS) is 2. The van der Waals surface area contributed by atoms with Gasteiger partial charge in [0.15, 0.2) is 5.13 Å². The number of anilines is 3. The van der Waals surface area contributed by atoms with E-state index in [4.69, 9.17) is 42.9 Å². The van der Waals surface area contributed by atoms with Gasteiger partial charge in [0.2, 0.25) is 0 Å². The lowest BCUT2D eigenvalue weighted by atomic mass is 10.1. The largest absolute Gasteiger partial charge is 0.495 e. The lowest BCUT2D eigenvalue weighted by Crippen LogP contribution is -2.29. The standard InChI is InChI=1S/C21H18ClN3O6S2.C16H14ClNO5S/c1-31-17-5-4-14(22)9-18(17)33(29,30)25-7-6-12-2-3-13(8-16(12)25)20(28)24-21-23-15(11-32-21)10-19(26)27;1-23-14-5-4-12(17)9-15(14)24(21,22)18-7-6-10-2-3-11(16(19)20)8-13(10)18/h2-5,8-9,11H,6-7,10H2,1H3,(H,26,27)(H,23,24,28);2-5,8-9H,6-7H2,1H3,(H,19,20). The van der Waals surface area contributed by atoms with Crippen molar-refractivity contribution in [2.45, 2.75) is 29.1 Å². The monoisotopic (exact) mass is 874 g/mol. The molecule has 0 bridgehead atoms. The van der Waals surface area contributed by atoms with Crippen LogP contribution in [0.25, 0.3) is 0 Å². The summed E-state index contributed by atoms with van der Waals surface area (Å²) in [6.07, 6.45) is 0.757. The molecule has 57 heavy (non-hydrogen) atoms. The number of nitrogens with one attached hydrogen (secondary N) is 1. The van der Waals surface area contributed by atoms with Crippen molar-refractivity contribution in [3.63, 3.8) is 0 Å². The molecule has 1 amide bonds. The Hall–Kier alpha value is -5.40. The number of aromatic nitrogens is 1. The van der Waals surface area contributed by atoms with Gasteiger partial charge in [-0.1, -0.05) is 35.3 Å². The maximum Gasteiger partial charge on any atom is 0.335 e. The molecule has 5 aromatic rings. The minimum absolute atomic E-state index is 0.0360. The minimum Gasteiger partial charge on any atom is -0.495 e. The number of aromatic carboxylic acids is 1. The van der Waals surface area contributed by atoms with E-state index in [0.717, 1.165) is 22.5 Å². The number of methoxy groups -OCH3 is 2. The number of aliphatic carboxylic acids is 1. The van der Waals surface area contributed by atoms with Crippen LogP contribution in [0.4, 0.5) is 16.5 Å². The summed E-state index contributed by atoms with van der Waals surface area (Å²) in [6.45, 7) is 0.444. The summed E-state index contributed by atoms with van der Waals surface area (Å²) in [5, 5.41) is 23.0. The van der Waals surface area contributed by atoms with E-state index in [1.807, 2.05) is 0 Å². The molecule has 7 rings (SSSR count). The summed E-state index contributed by atoms with van der Waals surface area (Å²) < 4.78 is 65.7. The Balaban J connectivity index is 0.000000203. The Bertz CT molecular complexity index is 2640. The zero-order valence-electron chi connectivity index (χ0n) is 29.9. The number of fused-ring (bicyclic) bond motifs is 2. The third-order valence-electron chi connectivity index (χ3n) is 8.88. The van der Waals surface area contributed by atoms with Gasteiger partial charge in [0.1, 0.15) is 21.3 Å². The number of carbonyl (C=O) groups excluding carboxylic acids is 1. The highest BCUT2D eigenvalue weighted by Crippen LogP contribution is 2.39. The number of thiazole rings is 1. The third kappa shape index (κ3) is 8.64. The van der Waals surface area contributed by atoms with Gasteiger partial charge in [-0.15, -0.1) is 11.3 Å². The van der Waals surface area contributed by atoms with Crippen molar-refractivity contribution in [3.8, 4) is 11.5 Å². The van der Waals surface area contributed by atoms with E-state index in [9.17, 15) is 31.2 Å². The fourth-order valence-electron chi connectivity index (χ4n) is 6.18. The van der Waals surface area contributed by atoms with Crippen LogP contribution in [0.3, 0.4) is 0 Å². The number of sulfonamides is 2. The predicted octanol–water partition coefficient (Wildman–Crippen LogP) is 6.23. The quantitative estimate of drug-likeness (QED) is 0.135. The van der Waals surface area contributed by atoms with Crippen molar-refractivity contribution in [1.29, 1.82) is 0 Å². The molecule has 0 atom stereocenters. The molecule has 0 aliphatic carbocycles. The average Bonchev–Trinajstić information content (AvgIpc) is 3.93. The maximum absolute atomic E-state index is 13.4. The Morgan fingerprint density at radius 2 is 1.25 bits per heavy atom. The average molecular weight is 876 g/mol. The molecule has 0 saturated carbocycles. The summed E-state index contributed by atoms with van der Waals surface area (Å²) in [6, 6.07) is 18.0. The van der Waals surface area contributed by atoms with E-state index in [0.29, 0.717) is 29.9 Å². The maximum atomic E-state index is 13.4.